The van der Waals surface area contributed by atoms with Crippen LogP contribution < -0.4 is 5.73 Å². The summed E-state index contributed by atoms with van der Waals surface area (Å²) in [4.78, 5) is 0. The Bertz CT molecular complexity index is 521. The number of benzene rings is 2. The Morgan fingerprint density at radius 3 is 2.47 bits per heavy atom. The van der Waals surface area contributed by atoms with Crippen molar-refractivity contribution < 1.29 is 0 Å². The summed E-state index contributed by atoms with van der Waals surface area (Å²) in [6.45, 7) is 0.795. The lowest BCUT2D eigenvalue weighted by atomic mass is 9.61. The van der Waals surface area contributed by atoms with Gasteiger partial charge in [-0.1, -0.05) is 48.9 Å². The van der Waals surface area contributed by atoms with Gasteiger partial charge in [0.25, 0.3) is 0 Å². The molecule has 0 unspecified atom stereocenters. The maximum atomic E-state index is 5.81. The first-order valence-electron chi connectivity index (χ1n) is 6.54. The molecular formula is C16H19N. The summed E-state index contributed by atoms with van der Waals surface area (Å²) in [7, 11) is 0. The van der Waals surface area contributed by atoms with Crippen molar-refractivity contribution in [2.75, 3.05) is 6.54 Å². The van der Waals surface area contributed by atoms with Gasteiger partial charge in [-0.3, -0.25) is 0 Å². The van der Waals surface area contributed by atoms with Crippen LogP contribution in [0.25, 0.3) is 10.8 Å². The summed E-state index contributed by atoms with van der Waals surface area (Å²) in [5.41, 5.74) is 7.70. The van der Waals surface area contributed by atoms with Crippen LogP contribution in [0, 0.1) is 0 Å². The molecule has 2 aromatic rings. The third-order valence-corrected chi connectivity index (χ3v) is 4.29. The van der Waals surface area contributed by atoms with Crippen LogP contribution in [0.3, 0.4) is 0 Å². The molecule has 1 fully saturated rings. The van der Waals surface area contributed by atoms with Crippen LogP contribution in [0.4, 0.5) is 0 Å². The predicted octanol–water partition coefficient (Wildman–Crippen LogP) is 3.61. The Morgan fingerprint density at radius 1 is 1.00 bits per heavy atom. The minimum absolute atomic E-state index is 0.371. The molecule has 1 saturated carbocycles. The molecule has 1 aliphatic carbocycles. The fourth-order valence-electron chi connectivity index (χ4n) is 3.22. The van der Waals surface area contributed by atoms with Gasteiger partial charge in [0.1, 0.15) is 0 Å². The highest BCUT2D eigenvalue weighted by Gasteiger charge is 2.38. The summed E-state index contributed by atoms with van der Waals surface area (Å²) in [6.07, 6.45) is 5.08. The summed E-state index contributed by atoms with van der Waals surface area (Å²) in [5.74, 6) is 0. The van der Waals surface area contributed by atoms with Crippen LogP contribution in [0.5, 0.6) is 0 Å². The minimum Gasteiger partial charge on any atom is -0.330 e. The van der Waals surface area contributed by atoms with Crippen molar-refractivity contribution in [3.05, 3.63) is 48.0 Å². The average Bonchev–Trinajstić information content (AvgIpc) is 2.33. The smallest absolute Gasteiger partial charge is 0.00288 e. The molecule has 0 saturated heterocycles. The van der Waals surface area contributed by atoms with Gasteiger partial charge in [0.15, 0.2) is 0 Å². The number of nitrogens with two attached hydrogens (primary N) is 1. The topological polar surface area (TPSA) is 26.0 Å². The van der Waals surface area contributed by atoms with E-state index in [0.717, 1.165) is 13.0 Å². The second-order valence-electron chi connectivity index (χ2n) is 5.20. The lowest BCUT2D eigenvalue weighted by Crippen LogP contribution is -2.36. The molecule has 2 aromatic carbocycles. The first-order valence-corrected chi connectivity index (χ1v) is 6.54. The zero-order valence-electron chi connectivity index (χ0n) is 10.2. The summed E-state index contributed by atoms with van der Waals surface area (Å²) in [5, 5.41) is 2.77. The van der Waals surface area contributed by atoms with Crippen molar-refractivity contribution in [2.24, 2.45) is 5.73 Å². The zero-order chi connectivity index (χ0) is 11.7. The first-order chi connectivity index (χ1) is 8.36. The van der Waals surface area contributed by atoms with Crippen molar-refractivity contribution in [3.63, 3.8) is 0 Å². The molecule has 0 spiro atoms. The van der Waals surface area contributed by atoms with Crippen LogP contribution in [0.1, 0.15) is 31.2 Å². The van der Waals surface area contributed by atoms with E-state index in [4.69, 9.17) is 5.73 Å². The van der Waals surface area contributed by atoms with Gasteiger partial charge >= 0.3 is 0 Å². The van der Waals surface area contributed by atoms with Crippen LogP contribution >= 0.6 is 0 Å². The predicted molar refractivity (Wildman–Crippen MR) is 73.1 cm³/mol. The Morgan fingerprint density at radius 2 is 1.76 bits per heavy atom. The molecule has 2 N–H and O–H groups in total. The third kappa shape index (κ3) is 1.66. The molecule has 1 aliphatic rings. The van der Waals surface area contributed by atoms with E-state index >= 15 is 0 Å². The van der Waals surface area contributed by atoms with E-state index in [2.05, 4.69) is 42.5 Å². The summed E-state index contributed by atoms with van der Waals surface area (Å²) >= 11 is 0. The van der Waals surface area contributed by atoms with Gasteiger partial charge in [0.05, 0.1) is 0 Å². The molecule has 0 atom stereocenters. The van der Waals surface area contributed by atoms with Crippen LogP contribution in [-0.2, 0) is 5.41 Å². The quantitative estimate of drug-likeness (QED) is 0.848. The Kier molecular flexibility index (Phi) is 2.64. The van der Waals surface area contributed by atoms with E-state index in [1.165, 1.54) is 35.6 Å². The largest absolute Gasteiger partial charge is 0.330 e. The molecule has 17 heavy (non-hydrogen) atoms. The van der Waals surface area contributed by atoms with E-state index < -0.39 is 0 Å². The number of rotatable bonds is 3. The molecule has 0 bridgehead atoms. The number of hydrogen-bond donors (Lipinski definition) is 1. The standard InChI is InChI=1S/C16H19N/c17-12-11-16(9-4-10-16)15-8-3-6-13-5-1-2-7-14(13)15/h1-3,5-8H,4,9-12,17H2. The van der Waals surface area contributed by atoms with Crippen molar-refractivity contribution in [1.29, 1.82) is 0 Å². The maximum absolute atomic E-state index is 5.81. The highest BCUT2D eigenvalue weighted by Crippen LogP contribution is 2.48. The average molecular weight is 225 g/mol. The lowest BCUT2D eigenvalue weighted by Gasteiger charge is -2.43. The van der Waals surface area contributed by atoms with Gasteiger partial charge in [0, 0.05) is 0 Å². The Balaban J connectivity index is 2.16. The second kappa shape index (κ2) is 4.15. The second-order valence-corrected chi connectivity index (χ2v) is 5.20. The summed E-state index contributed by atoms with van der Waals surface area (Å²) < 4.78 is 0. The SMILES string of the molecule is NCCC1(c2cccc3ccccc23)CCC1. The van der Waals surface area contributed by atoms with Crippen molar-refractivity contribution >= 4 is 10.8 Å². The molecule has 0 aromatic heterocycles. The molecule has 0 aliphatic heterocycles. The van der Waals surface area contributed by atoms with E-state index in [-0.39, 0.29) is 0 Å². The molecule has 88 valence electrons. The number of fused-ring (bicyclic) bond motifs is 1. The molecule has 0 amide bonds. The maximum Gasteiger partial charge on any atom is -0.00288 e. The van der Waals surface area contributed by atoms with E-state index in [0.29, 0.717) is 5.41 Å². The highest BCUT2D eigenvalue weighted by molar-refractivity contribution is 5.86. The van der Waals surface area contributed by atoms with E-state index in [9.17, 15) is 0 Å². The van der Waals surface area contributed by atoms with E-state index in [1.807, 2.05) is 0 Å². The van der Waals surface area contributed by atoms with Crippen molar-refractivity contribution in [1.82, 2.24) is 0 Å². The van der Waals surface area contributed by atoms with Crippen LogP contribution in [-0.4, -0.2) is 6.54 Å². The van der Waals surface area contributed by atoms with Crippen molar-refractivity contribution in [2.45, 2.75) is 31.1 Å². The van der Waals surface area contributed by atoms with Gasteiger partial charge in [-0.15, -0.1) is 0 Å². The molecule has 1 heteroatoms. The fourth-order valence-corrected chi connectivity index (χ4v) is 3.22. The first kappa shape index (κ1) is 10.8. The monoisotopic (exact) mass is 225 g/mol. The van der Waals surface area contributed by atoms with Crippen LogP contribution in [0.2, 0.25) is 0 Å². The normalized spacial score (nSPS) is 17.9. The molecule has 1 nitrogen and oxygen atoms in total. The highest BCUT2D eigenvalue weighted by atomic mass is 14.6. The van der Waals surface area contributed by atoms with Gasteiger partial charge in [0.2, 0.25) is 0 Å². The van der Waals surface area contributed by atoms with Gasteiger partial charge in [-0.25, -0.2) is 0 Å². The summed E-state index contributed by atoms with van der Waals surface area (Å²) in [6, 6.07) is 15.4. The molecule has 0 radical (unpaired) electrons. The van der Waals surface area contributed by atoms with Crippen molar-refractivity contribution in [3.8, 4) is 0 Å². The minimum atomic E-state index is 0.371. The van der Waals surface area contributed by atoms with Gasteiger partial charge < -0.3 is 5.73 Å². The Hall–Kier alpha value is -1.34. The Labute approximate surface area is 103 Å². The fraction of sp³-hybridized carbons (Fsp3) is 0.375. The van der Waals surface area contributed by atoms with Crippen LogP contribution in [0.15, 0.2) is 42.5 Å². The van der Waals surface area contributed by atoms with Gasteiger partial charge in [-0.2, -0.15) is 0 Å². The molecule has 0 heterocycles. The lowest BCUT2D eigenvalue weighted by molar-refractivity contribution is 0.231. The number of hydrogen-bond acceptors (Lipinski definition) is 1. The third-order valence-electron chi connectivity index (χ3n) is 4.29. The molecule has 3 rings (SSSR count). The zero-order valence-corrected chi connectivity index (χ0v) is 10.2. The molecular weight excluding hydrogens is 206 g/mol. The van der Waals surface area contributed by atoms with E-state index in [1.54, 1.807) is 0 Å². The van der Waals surface area contributed by atoms with Gasteiger partial charge in [-0.05, 0) is 47.6 Å².